The lowest BCUT2D eigenvalue weighted by Gasteiger charge is -2.40. The average Bonchev–Trinajstić information content (AvgIpc) is 2.60. The van der Waals surface area contributed by atoms with Gasteiger partial charge >= 0.3 is 5.97 Å². The summed E-state index contributed by atoms with van der Waals surface area (Å²) in [5, 5.41) is 42.6. The van der Waals surface area contributed by atoms with Crippen LogP contribution in [-0.2, 0) is 20.9 Å². The SMILES string of the molecule is CC(=O)OCc1ccc(OC2OC(CO)C(O)C(O)C2O)c(NC(C)(C)C)c1. The first kappa shape index (κ1) is 22.4. The van der Waals surface area contributed by atoms with Gasteiger partial charge in [-0.15, -0.1) is 0 Å². The van der Waals surface area contributed by atoms with E-state index in [0.29, 0.717) is 11.4 Å². The molecule has 1 heterocycles. The molecule has 1 fully saturated rings. The van der Waals surface area contributed by atoms with Gasteiger partial charge in [-0.3, -0.25) is 4.79 Å². The summed E-state index contributed by atoms with van der Waals surface area (Å²) in [6, 6.07) is 5.05. The van der Waals surface area contributed by atoms with Gasteiger partial charge < -0.3 is 40.0 Å². The van der Waals surface area contributed by atoms with Crippen LogP contribution in [0.15, 0.2) is 18.2 Å². The number of carbonyl (C=O) groups is 1. The number of carbonyl (C=O) groups excluding carboxylic acids is 1. The minimum absolute atomic E-state index is 0.0917. The molecule has 0 spiro atoms. The number of hydrogen-bond acceptors (Lipinski definition) is 9. The number of aliphatic hydroxyl groups excluding tert-OH is 4. The highest BCUT2D eigenvalue weighted by Gasteiger charge is 2.44. The van der Waals surface area contributed by atoms with Crippen LogP contribution in [0.3, 0.4) is 0 Å². The van der Waals surface area contributed by atoms with Crippen LogP contribution < -0.4 is 10.1 Å². The largest absolute Gasteiger partial charge is 0.461 e. The van der Waals surface area contributed by atoms with E-state index in [1.807, 2.05) is 20.8 Å². The zero-order chi connectivity index (χ0) is 21.1. The molecule has 0 amide bonds. The molecule has 2 rings (SSSR count). The highest BCUT2D eigenvalue weighted by molar-refractivity contribution is 5.66. The third kappa shape index (κ3) is 5.79. The quantitative estimate of drug-likeness (QED) is 0.423. The Morgan fingerprint density at radius 3 is 2.43 bits per heavy atom. The Hall–Kier alpha value is -1.91. The summed E-state index contributed by atoms with van der Waals surface area (Å²) in [6.45, 7) is 6.72. The predicted octanol–water partition coefficient (Wildman–Crippen LogP) is 0.139. The van der Waals surface area contributed by atoms with Crippen molar-refractivity contribution in [3.63, 3.8) is 0 Å². The van der Waals surface area contributed by atoms with Crippen LogP contribution in [0.5, 0.6) is 5.75 Å². The van der Waals surface area contributed by atoms with Gasteiger partial charge in [-0.2, -0.15) is 0 Å². The monoisotopic (exact) mass is 399 g/mol. The smallest absolute Gasteiger partial charge is 0.302 e. The van der Waals surface area contributed by atoms with Crippen molar-refractivity contribution in [1.29, 1.82) is 0 Å². The second-order valence-corrected chi connectivity index (χ2v) is 7.80. The van der Waals surface area contributed by atoms with Crippen LogP contribution in [0.25, 0.3) is 0 Å². The summed E-state index contributed by atoms with van der Waals surface area (Å²) in [5.41, 5.74) is 0.963. The Bertz CT molecular complexity index is 672. The second-order valence-electron chi connectivity index (χ2n) is 7.80. The molecule has 5 unspecified atom stereocenters. The minimum Gasteiger partial charge on any atom is -0.461 e. The fraction of sp³-hybridized carbons (Fsp3) is 0.632. The van der Waals surface area contributed by atoms with Crippen molar-refractivity contribution in [3.8, 4) is 5.75 Å². The number of nitrogens with one attached hydrogen (secondary N) is 1. The van der Waals surface area contributed by atoms with Gasteiger partial charge in [0.15, 0.2) is 0 Å². The highest BCUT2D eigenvalue weighted by Crippen LogP contribution is 2.32. The Labute approximate surface area is 163 Å². The molecule has 1 aliphatic heterocycles. The fourth-order valence-electron chi connectivity index (χ4n) is 2.75. The lowest BCUT2D eigenvalue weighted by molar-refractivity contribution is -0.277. The van der Waals surface area contributed by atoms with Crippen molar-refractivity contribution in [2.75, 3.05) is 11.9 Å². The number of aliphatic hydroxyl groups is 4. The summed E-state index contributed by atoms with van der Waals surface area (Å²) >= 11 is 0. The molecule has 0 bridgehead atoms. The molecule has 28 heavy (non-hydrogen) atoms. The van der Waals surface area contributed by atoms with Crippen LogP contribution in [0.2, 0.25) is 0 Å². The van der Waals surface area contributed by atoms with Crippen molar-refractivity contribution >= 4 is 11.7 Å². The van der Waals surface area contributed by atoms with E-state index in [1.165, 1.54) is 6.92 Å². The summed E-state index contributed by atoms with van der Waals surface area (Å²) in [6.07, 6.45) is -6.86. The molecule has 9 heteroatoms. The molecule has 5 N–H and O–H groups in total. The van der Waals surface area contributed by atoms with E-state index in [1.54, 1.807) is 18.2 Å². The molecule has 5 atom stereocenters. The predicted molar refractivity (Wildman–Crippen MR) is 99.7 cm³/mol. The van der Waals surface area contributed by atoms with Crippen LogP contribution in [-0.4, -0.2) is 69.2 Å². The number of rotatable bonds is 6. The zero-order valence-corrected chi connectivity index (χ0v) is 16.5. The van der Waals surface area contributed by atoms with E-state index in [-0.39, 0.29) is 12.1 Å². The third-order valence-electron chi connectivity index (χ3n) is 4.09. The maximum atomic E-state index is 11.0. The Kier molecular flexibility index (Phi) is 7.24. The van der Waals surface area contributed by atoms with Crippen LogP contribution in [0, 0.1) is 0 Å². The molecule has 0 aliphatic carbocycles. The van der Waals surface area contributed by atoms with E-state index in [2.05, 4.69) is 5.32 Å². The van der Waals surface area contributed by atoms with E-state index >= 15 is 0 Å². The molecule has 9 nitrogen and oxygen atoms in total. The van der Waals surface area contributed by atoms with Gasteiger partial charge in [0.2, 0.25) is 6.29 Å². The average molecular weight is 399 g/mol. The Balaban J connectivity index is 2.26. The maximum absolute atomic E-state index is 11.0. The van der Waals surface area contributed by atoms with E-state index < -0.39 is 43.3 Å². The molecule has 0 radical (unpaired) electrons. The number of hydrogen-bond donors (Lipinski definition) is 5. The van der Waals surface area contributed by atoms with E-state index in [4.69, 9.17) is 14.2 Å². The fourth-order valence-corrected chi connectivity index (χ4v) is 2.75. The second kappa shape index (κ2) is 9.06. The van der Waals surface area contributed by atoms with Gasteiger partial charge in [0.1, 0.15) is 36.8 Å². The maximum Gasteiger partial charge on any atom is 0.302 e. The number of benzene rings is 1. The highest BCUT2D eigenvalue weighted by atomic mass is 16.7. The minimum atomic E-state index is -1.53. The summed E-state index contributed by atoms with van der Waals surface area (Å²) < 4.78 is 16.2. The molecular weight excluding hydrogens is 370 g/mol. The van der Waals surface area contributed by atoms with Crippen molar-refractivity contribution in [2.45, 2.75) is 70.5 Å². The summed E-state index contributed by atoms with van der Waals surface area (Å²) in [7, 11) is 0. The van der Waals surface area contributed by atoms with Crippen molar-refractivity contribution in [2.24, 2.45) is 0 Å². The van der Waals surface area contributed by atoms with Crippen LogP contribution in [0.1, 0.15) is 33.3 Å². The molecule has 158 valence electrons. The molecule has 1 saturated heterocycles. The van der Waals surface area contributed by atoms with Gasteiger partial charge in [-0.05, 0) is 38.5 Å². The van der Waals surface area contributed by atoms with Gasteiger partial charge in [0, 0.05) is 12.5 Å². The first-order valence-electron chi connectivity index (χ1n) is 9.03. The normalized spacial score (nSPS) is 27.9. The Morgan fingerprint density at radius 2 is 1.86 bits per heavy atom. The third-order valence-corrected chi connectivity index (χ3v) is 4.09. The van der Waals surface area contributed by atoms with Gasteiger partial charge in [-0.1, -0.05) is 6.07 Å². The van der Waals surface area contributed by atoms with Crippen molar-refractivity contribution < 1.29 is 39.4 Å². The lowest BCUT2D eigenvalue weighted by Crippen LogP contribution is -2.60. The summed E-state index contributed by atoms with van der Waals surface area (Å²) in [4.78, 5) is 11.0. The van der Waals surface area contributed by atoms with Crippen molar-refractivity contribution in [3.05, 3.63) is 23.8 Å². The lowest BCUT2D eigenvalue weighted by atomic mass is 9.99. The molecule has 0 aromatic heterocycles. The first-order valence-corrected chi connectivity index (χ1v) is 9.03. The number of esters is 1. The first-order chi connectivity index (χ1) is 13.0. The standard InChI is InChI=1S/C19H29NO8/c1-10(22)26-9-11-5-6-13(12(7-11)20-19(2,3)4)27-18-17(25)16(24)15(23)14(8-21)28-18/h5-7,14-18,20-21,23-25H,8-9H2,1-4H3. The topological polar surface area (TPSA) is 138 Å². The molecule has 1 aromatic carbocycles. The molecular formula is C19H29NO8. The Morgan fingerprint density at radius 1 is 1.18 bits per heavy atom. The van der Waals surface area contributed by atoms with Gasteiger partial charge in [0.25, 0.3) is 0 Å². The molecule has 1 aliphatic rings. The number of ether oxygens (including phenoxy) is 3. The molecule has 1 aromatic rings. The summed E-state index contributed by atoms with van der Waals surface area (Å²) in [5.74, 6) is -0.0715. The molecule has 0 saturated carbocycles. The van der Waals surface area contributed by atoms with Crippen molar-refractivity contribution in [1.82, 2.24) is 0 Å². The van der Waals surface area contributed by atoms with E-state index in [0.717, 1.165) is 5.56 Å². The van der Waals surface area contributed by atoms with Gasteiger partial charge in [-0.25, -0.2) is 0 Å². The zero-order valence-electron chi connectivity index (χ0n) is 16.5. The van der Waals surface area contributed by atoms with E-state index in [9.17, 15) is 25.2 Å². The number of anilines is 1. The van der Waals surface area contributed by atoms with Gasteiger partial charge in [0.05, 0.1) is 12.3 Å². The van der Waals surface area contributed by atoms with Crippen LogP contribution in [0.4, 0.5) is 5.69 Å². The van der Waals surface area contributed by atoms with Crippen LogP contribution >= 0.6 is 0 Å².